The fraction of sp³-hybridized carbons (Fsp3) is 0.954. The Morgan fingerprint density at radius 1 is 0.255 bits per heavy atom. The van der Waals surface area contributed by atoms with Gasteiger partial charge >= 0.3 is 39.5 Å². The molecular formula is C87H170O17P2. The second-order valence-electron chi connectivity index (χ2n) is 31.8. The van der Waals surface area contributed by atoms with Gasteiger partial charge in [-0.05, 0) is 31.6 Å². The molecule has 0 aromatic carbocycles. The van der Waals surface area contributed by atoms with Gasteiger partial charge in [-0.3, -0.25) is 37.3 Å². The highest BCUT2D eigenvalue weighted by atomic mass is 31.2. The van der Waals surface area contributed by atoms with Crippen molar-refractivity contribution in [2.75, 3.05) is 39.6 Å². The molecular weight excluding hydrogens is 1380 g/mol. The lowest BCUT2D eigenvalue weighted by molar-refractivity contribution is -0.161. The predicted molar refractivity (Wildman–Crippen MR) is 437 cm³/mol. The summed E-state index contributed by atoms with van der Waals surface area (Å²) in [5, 5.41) is 10.7. The van der Waals surface area contributed by atoms with Crippen molar-refractivity contribution in [1.29, 1.82) is 0 Å². The molecule has 0 aromatic heterocycles. The first-order valence-corrected chi connectivity index (χ1v) is 48.1. The molecule has 0 aliphatic heterocycles. The zero-order valence-electron chi connectivity index (χ0n) is 69.6. The number of esters is 4. The Kier molecular flexibility index (Phi) is 78.2. The quantitative estimate of drug-likeness (QED) is 0.0222. The van der Waals surface area contributed by atoms with E-state index in [1.54, 1.807) is 0 Å². The Bertz CT molecular complexity index is 2010. The molecule has 630 valence electrons. The van der Waals surface area contributed by atoms with E-state index in [0.717, 1.165) is 95.8 Å². The summed E-state index contributed by atoms with van der Waals surface area (Å²) < 4.78 is 68.9. The van der Waals surface area contributed by atoms with Crippen molar-refractivity contribution in [2.24, 2.45) is 5.92 Å². The Hall–Kier alpha value is -1.94. The van der Waals surface area contributed by atoms with E-state index in [-0.39, 0.29) is 25.7 Å². The molecule has 0 radical (unpaired) electrons. The minimum Gasteiger partial charge on any atom is -0.462 e. The number of phosphoric ester groups is 2. The molecule has 17 nitrogen and oxygen atoms in total. The third kappa shape index (κ3) is 80.1. The van der Waals surface area contributed by atoms with Gasteiger partial charge in [-0.1, -0.05) is 420 Å². The van der Waals surface area contributed by atoms with E-state index < -0.39 is 97.5 Å². The van der Waals surface area contributed by atoms with Gasteiger partial charge in [0.1, 0.15) is 19.3 Å². The van der Waals surface area contributed by atoms with Gasteiger partial charge in [0.2, 0.25) is 0 Å². The minimum absolute atomic E-state index is 0.109. The highest BCUT2D eigenvalue weighted by molar-refractivity contribution is 7.47. The van der Waals surface area contributed by atoms with Gasteiger partial charge in [-0.15, -0.1) is 0 Å². The van der Waals surface area contributed by atoms with Gasteiger partial charge in [0.15, 0.2) is 12.2 Å². The van der Waals surface area contributed by atoms with Crippen molar-refractivity contribution in [3.8, 4) is 0 Å². The van der Waals surface area contributed by atoms with Crippen LogP contribution in [0.15, 0.2) is 0 Å². The third-order valence-corrected chi connectivity index (χ3v) is 22.4. The molecule has 0 saturated carbocycles. The SMILES string of the molecule is CCCCCCCCCCCCCCCCCCCCCCC(=O)O[C@H](COC(=O)CCCCCCCCCCCCCCCCCCC(C)C)COP(=O)(O)OC[C@@H](O)COP(=O)(O)OC[C@@H](COC(=O)CCCCCCCCCCCCC)OC(=O)CCCCCCCCCCCCCCCCCC. The number of carbonyl (C=O) groups is 4. The molecule has 2 unspecified atom stereocenters. The number of rotatable bonds is 87. The van der Waals surface area contributed by atoms with Crippen molar-refractivity contribution < 1.29 is 80.2 Å². The van der Waals surface area contributed by atoms with Gasteiger partial charge in [-0.25, -0.2) is 9.13 Å². The second kappa shape index (κ2) is 79.7. The zero-order valence-corrected chi connectivity index (χ0v) is 71.4. The Morgan fingerprint density at radius 2 is 0.434 bits per heavy atom. The van der Waals surface area contributed by atoms with Gasteiger partial charge < -0.3 is 33.8 Å². The van der Waals surface area contributed by atoms with E-state index in [9.17, 15) is 43.2 Å². The maximum atomic E-state index is 13.2. The standard InChI is InChI=1S/C87H170O17P2/c1-6-9-12-15-18-21-24-26-28-30-31-32-33-39-43-48-53-58-63-68-73-87(92)104-83(77-98-85(90)71-66-61-56-51-46-41-38-35-34-36-40-45-49-54-59-64-69-80(4)5)79-102-106(95,96)100-75-81(88)74-99-105(93,94)101-78-82(76-97-84(89)70-65-60-55-50-44-23-20-17-14-11-8-3)103-86(91)72-67-62-57-52-47-42-37-29-27-25-22-19-16-13-10-7-2/h80-83,88H,6-79H2,1-5H3,(H,93,94)(H,95,96)/t81-,82+,83+/m0/s1. The van der Waals surface area contributed by atoms with E-state index in [2.05, 4.69) is 34.6 Å². The molecule has 0 fully saturated rings. The van der Waals surface area contributed by atoms with Gasteiger partial charge in [-0.2, -0.15) is 0 Å². The molecule has 0 amide bonds. The first-order chi connectivity index (χ1) is 51.5. The molecule has 0 aromatic rings. The second-order valence-corrected chi connectivity index (χ2v) is 34.7. The zero-order chi connectivity index (χ0) is 77.6. The van der Waals surface area contributed by atoms with Gasteiger partial charge in [0, 0.05) is 25.7 Å². The molecule has 0 heterocycles. The van der Waals surface area contributed by atoms with Crippen molar-refractivity contribution in [1.82, 2.24) is 0 Å². The molecule has 19 heteroatoms. The molecule has 3 N–H and O–H groups in total. The highest BCUT2D eigenvalue weighted by Gasteiger charge is 2.30. The van der Waals surface area contributed by atoms with Gasteiger partial charge in [0.05, 0.1) is 26.4 Å². The van der Waals surface area contributed by atoms with Crippen LogP contribution in [0.3, 0.4) is 0 Å². The Morgan fingerprint density at radius 3 is 0.642 bits per heavy atom. The first kappa shape index (κ1) is 104. The number of phosphoric acid groups is 2. The van der Waals surface area contributed by atoms with Crippen molar-refractivity contribution >= 4 is 39.5 Å². The molecule has 0 aliphatic rings. The van der Waals surface area contributed by atoms with E-state index in [0.29, 0.717) is 25.7 Å². The van der Waals surface area contributed by atoms with E-state index in [4.69, 9.17) is 37.0 Å². The van der Waals surface area contributed by atoms with Crippen LogP contribution in [0.5, 0.6) is 0 Å². The number of ether oxygens (including phenoxy) is 4. The summed E-state index contributed by atoms with van der Waals surface area (Å²) in [6.07, 6.45) is 73.5. The van der Waals surface area contributed by atoms with E-state index in [1.165, 1.54) is 295 Å². The van der Waals surface area contributed by atoms with Crippen LogP contribution in [0, 0.1) is 5.92 Å². The smallest absolute Gasteiger partial charge is 0.462 e. The first-order valence-electron chi connectivity index (χ1n) is 45.1. The maximum Gasteiger partial charge on any atom is 0.472 e. The molecule has 0 spiro atoms. The average molecular weight is 1550 g/mol. The van der Waals surface area contributed by atoms with E-state index >= 15 is 0 Å². The monoisotopic (exact) mass is 1550 g/mol. The van der Waals surface area contributed by atoms with Crippen LogP contribution in [-0.2, 0) is 65.4 Å². The largest absolute Gasteiger partial charge is 0.472 e. The summed E-state index contributed by atoms with van der Waals surface area (Å²) in [5.41, 5.74) is 0. The van der Waals surface area contributed by atoms with Crippen molar-refractivity contribution in [3.05, 3.63) is 0 Å². The minimum atomic E-state index is -4.97. The number of carbonyl (C=O) groups excluding carboxylic acids is 4. The predicted octanol–water partition coefficient (Wildman–Crippen LogP) is 26.8. The Balaban J connectivity index is 5.24. The van der Waals surface area contributed by atoms with Crippen LogP contribution in [0.4, 0.5) is 0 Å². The lowest BCUT2D eigenvalue weighted by Gasteiger charge is -2.21. The number of aliphatic hydroxyl groups is 1. The van der Waals surface area contributed by atoms with Crippen molar-refractivity contribution in [3.63, 3.8) is 0 Å². The lowest BCUT2D eigenvalue weighted by Crippen LogP contribution is -2.30. The van der Waals surface area contributed by atoms with Crippen LogP contribution < -0.4 is 0 Å². The fourth-order valence-electron chi connectivity index (χ4n) is 13.6. The fourth-order valence-corrected chi connectivity index (χ4v) is 15.2. The van der Waals surface area contributed by atoms with Crippen LogP contribution in [0.2, 0.25) is 0 Å². The number of hydrogen-bond donors (Lipinski definition) is 3. The number of aliphatic hydroxyl groups excluding tert-OH is 1. The van der Waals surface area contributed by atoms with Crippen LogP contribution >= 0.6 is 15.6 Å². The molecule has 0 rings (SSSR count). The van der Waals surface area contributed by atoms with Crippen LogP contribution in [0.1, 0.15) is 471 Å². The van der Waals surface area contributed by atoms with Crippen molar-refractivity contribution in [2.45, 2.75) is 490 Å². The molecule has 106 heavy (non-hydrogen) atoms. The Labute approximate surface area is 651 Å². The topological polar surface area (TPSA) is 237 Å². The van der Waals surface area contributed by atoms with Crippen LogP contribution in [0.25, 0.3) is 0 Å². The molecule has 0 bridgehead atoms. The maximum absolute atomic E-state index is 13.2. The van der Waals surface area contributed by atoms with Gasteiger partial charge in [0.25, 0.3) is 0 Å². The summed E-state index contributed by atoms with van der Waals surface area (Å²) >= 11 is 0. The third-order valence-electron chi connectivity index (χ3n) is 20.5. The normalized spacial score (nSPS) is 13.7. The summed E-state index contributed by atoms with van der Waals surface area (Å²) in [4.78, 5) is 73.3. The highest BCUT2D eigenvalue weighted by Crippen LogP contribution is 2.45. The molecule has 5 atom stereocenters. The van der Waals surface area contributed by atoms with E-state index in [1.807, 2.05) is 0 Å². The lowest BCUT2D eigenvalue weighted by atomic mass is 10.0. The summed E-state index contributed by atoms with van der Waals surface area (Å²) in [5.74, 6) is -1.28. The summed E-state index contributed by atoms with van der Waals surface area (Å²) in [6.45, 7) is 7.40. The summed E-state index contributed by atoms with van der Waals surface area (Å²) in [6, 6.07) is 0. The average Bonchev–Trinajstić information content (AvgIpc) is 0.903. The molecule has 0 aliphatic carbocycles. The van der Waals surface area contributed by atoms with Crippen LogP contribution in [-0.4, -0.2) is 96.7 Å². The molecule has 0 saturated heterocycles. The summed E-state index contributed by atoms with van der Waals surface area (Å²) in [7, 11) is -9.93. The number of unbranched alkanes of at least 4 members (excludes halogenated alkanes) is 59. The number of hydrogen-bond acceptors (Lipinski definition) is 15.